The molecule has 742 valence electrons. The van der Waals surface area contributed by atoms with E-state index in [4.69, 9.17) is 31.0 Å². The van der Waals surface area contributed by atoms with Crippen molar-refractivity contribution in [3.63, 3.8) is 0 Å². The molecule has 0 bridgehead atoms. The number of pyridine rings is 8. The average Bonchev–Trinajstić information content (AvgIpc) is 1.50. The van der Waals surface area contributed by atoms with Crippen molar-refractivity contribution in [1.29, 1.82) is 0 Å². The van der Waals surface area contributed by atoms with Crippen LogP contribution < -0.4 is 55.3 Å². The van der Waals surface area contributed by atoms with E-state index >= 15 is 0 Å². The van der Waals surface area contributed by atoms with Gasteiger partial charge in [-0.25, -0.2) is 78.9 Å². The van der Waals surface area contributed by atoms with Crippen LogP contribution in [0.5, 0.6) is 0 Å². The summed E-state index contributed by atoms with van der Waals surface area (Å²) in [5.74, 6) is 3.83. The van der Waals surface area contributed by atoms with E-state index in [0.29, 0.717) is 113 Å². The molecule has 2 saturated heterocycles. The Kier molecular flexibility index (Phi) is 34.4. The summed E-state index contributed by atoms with van der Waals surface area (Å²) in [4.78, 5) is 208. The zero-order chi connectivity index (χ0) is 101. The van der Waals surface area contributed by atoms with E-state index in [9.17, 15) is 66.0 Å². The highest BCUT2D eigenvalue weighted by molar-refractivity contribution is 7.90. The predicted octanol–water partition coefficient (Wildman–Crippen LogP) is 13.0. The highest BCUT2D eigenvalue weighted by atomic mass is 32.2. The lowest BCUT2D eigenvalue weighted by molar-refractivity contribution is -0.186. The van der Waals surface area contributed by atoms with E-state index in [1.807, 2.05) is 0 Å². The number of nitrogens with two attached hydrogens (primary N) is 2. The molecule has 0 radical (unpaired) electrons. The van der Waals surface area contributed by atoms with Gasteiger partial charge in [0.15, 0.2) is 35.7 Å². The largest absolute Gasteiger partial charge is 0.478 e. The second-order valence-electron chi connectivity index (χ2n) is 34.8. The molecular formula is C97H112N22O21S. The number of ketones is 4. The number of methoxy groups -OCH3 is 2. The van der Waals surface area contributed by atoms with Gasteiger partial charge in [0, 0.05) is 128 Å². The second-order valence-corrected chi connectivity index (χ2v) is 36.8. The summed E-state index contributed by atoms with van der Waals surface area (Å²) in [6, 6.07) is 12.4. The standard InChI is InChI=1S/C26H30N6O5.C22H23N5O4.C21H21N5O4.C16H19N3O4S.C7H8N2O2.C5H11NO2/c1-15-19-14-28-26(30-23(19)32(18-7-3-4-8-18)25(35)22(15)16(2)33)29-20-11-10-17(13-27-20)24(34)31-37-21-9-5-6-12-36-21;1-12-16-11-24-22(25-17-9-8-14(10-23-17)21(30)31-3)26-19(16)27(15-6-4-5-7-15)20(29)18(12)13(2)28;1-11-15-10-23-21(24-16-8-7-13(9-22-16)20(29)30)25-18(15)26(14-5-3-4-6-14)19(28)17(11)12(2)27;1-9-12-8-17-16(24(3,22)23)18-14(12)19(11-6-4-5-7-11)15(21)13(9)10(2)20;1-11-7(10)5-2-3-6(8)9-4-5;6-8-5-3-1-2-4-7-5/h10-11,13-14,18,21H,3-9,12H2,1-2H3,(H,31,34)(H,27,28,29,30);8-11,15H,4-7H2,1-3H3,(H,23,24,25,26);7-10,14H,3-6H2,1-2H3,(H,29,30)(H,22,23,24,25);8,11H,4-7H2,1-3H3;2-4H,1H3,(H2,8,9);5H,1-4,6H2. The van der Waals surface area contributed by atoms with Crippen molar-refractivity contribution < 1.29 is 80.5 Å². The summed E-state index contributed by atoms with van der Waals surface area (Å²) in [6.45, 7) is 13.9. The van der Waals surface area contributed by atoms with Crippen molar-refractivity contribution in [2.45, 2.75) is 239 Å². The van der Waals surface area contributed by atoms with Gasteiger partial charge in [-0.1, -0.05) is 51.4 Å². The third kappa shape index (κ3) is 24.6. The van der Waals surface area contributed by atoms with Crippen LogP contribution in [0.15, 0.2) is 122 Å². The summed E-state index contributed by atoms with van der Waals surface area (Å²) < 4.78 is 49.7. The Hall–Kier alpha value is -14.7. The molecule has 2 unspecified atom stereocenters. The van der Waals surface area contributed by atoms with Crippen LogP contribution in [0.3, 0.4) is 0 Å². The number of carbonyl (C=O) groups is 8. The monoisotopic (exact) mass is 1950 g/mol. The number of hydrogen-bond donors (Lipinski definition) is 7. The molecule has 4 saturated carbocycles. The third-order valence-corrected chi connectivity index (χ3v) is 26.0. The minimum absolute atomic E-state index is 0.00516. The maximum Gasteiger partial charge on any atom is 0.339 e. The molecule has 44 heteroatoms. The zero-order valence-electron chi connectivity index (χ0n) is 80.0. The molecule has 0 aromatic carbocycles. The fraction of sp³-hybridized carbons (Fsp3) is 0.423. The van der Waals surface area contributed by atoms with Crippen LogP contribution in [-0.2, 0) is 38.5 Å². The molecule has 14 heterocycles. The minimum atomic E-state index is -3.59. The molecule has 2 aliphatic heterocycles. The fourth-order valence-corrected chi connectivity index (χ4v) is 18.5. The van der Waals surface area contributed by atoms with Crippen molar-refractivity contribution in [2.75, 3.05) is 55.4 Å². The van der Waals surface area contributed by atoms with Gasteiger partial charge in [-0.2, -0.15) is 19.9 Å². The number of sulfone groups is 1. The molecule has 12 aromatic heterocycles. The van der Waals surface area contributed by atoms with Gasteiger partial charge in [-0.05, 0) is 203 Å². The van der Waals surface area contributed by atoms with Crippen LogP contribution in [0, 0.1) is 27.7 Å². The number of Topliss-reactive ketones (excluding diaryl/α,β-unsaturated/α-hetero) is 4. The quantitative estimate of drug-likeness (QED) is 0.0143. The lowest BCUT2D eigenvalue weighted by Crippen LogP contribution is -2.33. The van der Waals surface area contributed by atoms with E-state index in [1.165, 1.54) is 96.0 Å². The number of nitrogens with zero attached hydrogens (tertiary/aromatic N) is 16. The number of esters is 2. The molecular weight excluding hydrogens is 1840 g/mol. The first-order valence-electron chi connectivity index (χ1n) is 46.3. The Morgan fingerprint density at radius 2 is 0.702 bits per heavy atom. The lowest BCUT2D eigenvalue weighted by atomic mass is 10.0. The number of aromatic carboxylic acids is 1. The highest BCUT2D eigenvalue weighted by Gasteiger charge is 2.33. The summed E-state index contributed by atoms with van der Waals surface area (Å²) >= 11 is 0. The van der Waals surface area contributed by atoms with Crippen molar-refractivity contribution in [2.24, 2.45) is 5.90 Å². The number of carboxylic acids is 1. The van der Waals surface area contributed by atoms with E-state index in [-0.39, 0.29) is 121 Å². The predicted molar refractivity (Wildman–Crippen MR) is 519 cm³/mol. The average molecular weight is 1950 g/mol. The number of carboxylic acid groups (broad SMARTS) is 1. The summed E-state index contributed by atoms with van der Waals surface area (Å²) in [5, 5.41) is 20.2. The van der Waals surface area contributed by atoms with Crippen LogP contribution in [0.4, 0.5) is 41.1 Å². The van der Waals surface area contributed by atoms with E-state index < -0.39 is 45.5 Å². The number of fused-ring (bicyclic) bond motifs is 4. The van der Waals surface area contributed by atoms with Gasteiger partial charge >= 0.3 is 17.9 Å². The van der Waals surface area contributed by atoms with E-state index in [0.717, 1.165) is 148 Å². The number of aromatic nitrogens is 16. The number of nitrogen functional groups attached to an aromatic ring is 1. The van der Waals surface area contributed by atoms with Gasteiger partial charge in [0.1, 0.15) is 45.9 Å². The molecule has 4 aliphatic carbocycles. The van der Waals surface area contributed by atoms with Crippen molar-refractivity contribution in [3.8, 4) is 0 Å². The topological polar surface area (TPSA) is 589 Å². The number of carbonyl (C=O) groups excluding carboxylic acids is 7. The SMILES string of the molecule is CC(=O)c1c(C)c2cnc(Nc3ccc(C(=O)NOC4CCCCO4)cn3)nc2n(C2CCCC2)c1=O.CC(=O)c1c(C)c2cnc(Nc3ccc(C(=O)O)cn3)nc2n(C2CCCC2)c1=O.CC(=O)c1c(C)c2cnc(S(C)(=O)=O)nc2n(C2CCCC2)c1=O.COC(=O)c1ccc(N)nc1.COC(=O)c1ccc(Nc2ncc3c(C)c(C(C)=O)c(=O)n(C4CCCC4)c3n2)nc1.NOC1CCCCO1. The van der Waals surface area contributed by atoms with Crippen LogP contribution in [0.2, 0.25) is 0 Å². The number of rotatable bonds is 22. The first-order chi connectivity index (χ1) is 67.6. The van der Waals surface area contributed by atoms with Crippen molar-refractivity contribution >= 4 is 142 Å². The van der Waals surface area contributed by atoms with Crippen molar-refractivity contribution in [3.05, 3.63) is 206 Å². The molecule has 141 heavy (non-hydrogen) atoms. The number of anilines is 7. The van der Waals surface area contributed by atoms with Gasteiger partial charge in [-0.15, -0.1) is 0 Å². The third-order valence-electron chi connectivity index (χ3n) is 25.2. The van der Waals surface area contributed by atoms with Gasteiger partial charge < -0.3 is 45.7 Å². The number of amides is 1. The normalized spacial score (nSPS) is 16.0. The van der Waals surface area contributed by atoms with E-state index in [2.05, 4.69) is 95.5 Å². The molecule has 43 nitrogen and oxygen atoms in total. The van der Waals surface area contributed by atoms with Crippen molar-refractivity contribution in [1.82, 2.24) is 83.6 Å². The molecule has 1 amide bonds. The Morgan fingerprint density at radius 1 is 0.397 bits per heavy atom. The maximum absolute atomic E-state index is 13.4. The Bertz CT molecular complexity index is 7090. The van der Waals surface area contributed by atoms with Crippen LogP contribution in [0.25, 0.3) is 44.1 Å². The number of ether oxygens (including phenoxy) is 4. The summed E-state index contributed by atoms with van der Waals surface area (Å²) in [5.41, 5.74) is 12.3. The van der Waals surface area contributed by atoms with Gasteiger partial charge in [0.25, 0.3) is 28.1 Å². The van der Waals surface area contributed by atoms with Gasteiger partial charge in [0.2, 0.25) is 32.8 Å². The number of aryl methyl sites for hydroxylation is 4. The summed E-state index contributed by atoms with van der Waals surface area (Å²) in [6.07, 6.45) is 33.1. The highest BCUT2D eigenvalue weighted by Crippen LogP contribution is 2.38. The molecule has 9 N–H and O–H groups in total. The summed E-state index contributed by atoms with van der Waals surface area (Å²) in [7, 11) is -0.967. The zero-order valence-corrected chi connectivity index (χ0v) is 80.8. The fourth-order valence-electron chi connectivity index (χ4n) is 18.0. The Morgan fingerprint density at radius 3 is 0.979 bits per heavy atom. The minimum Gasteiger partial charge on any atom is -0.478 e. The number of hydrogen-bond acceptors (Lipinski definition) is 37. The first-order valence-corrected chi connectivity index (χ1v) is 48.2. The molecule has 12 aromatic rings. The molecule has 18 rings (SSSR count). The maximum atomic E-state index is 13.4. The lowest BCUT2D eigenvalue weighted by Gasteiger charge is -2.22. The van der Waals surface area contributed by atoms with Crippen LogP contribution in [0.1, 0.15) is 298 Å². The number of nitrogens with one attached hydrogen (secondary N) is 4. The Balaban J connectivity index is 0.000000149. The first kappa shape index (κ1) is 104. The van der Waals surface area contributed by atoms with Crippen LogP contribution >= 0.6 is 0 Å². The smallest absolute Gasteiger partial charge is 0.339 e. The molecule has 0 spiro atoms. The van der Waals surface area contributed by atoms with E-state index in [1.54, 1.807) is 96.4 Å². The molecule has 6 aliphatic rings. The van der Waals surface area contributed by atoms with Gasteiger partial charge in [-0.3, -0.25) is 66.3 Å². The molecule has 6 fully saturated rings. The van der Waals surface area contributed by atoms with Crippen LogP contribution in [-0.4, -0.2) is 185 Å². The Labute approximate surface area is 808 Å². The van der Waals surface area contributed by atoms with Gasteiger partial charge in [0.05, 0.1) is 58.7 Å². The molecule has 2 atom stereocenters. The second kappa shape index (κ2) is 46.8. The number of hydroxylamine groups is 1.